The first-order chi connectivity index (χ1) is 8.63. The van der Waals surface area contributed by atoms with Gasteiger partial charge in [0.05, 0.1) is 13.0 Å². The molecule has 0 radical (unpaired) electrons. The topological polar surface area (TPSA) is 81.2 Å². The number of nitrogens with two attached hydrogens (primary N) is 1. The van der Waals surface area contributed by atoms with E-state index >= 15 is 0 Å². The van der Waals surface area contributed by atoms with Gasteiger partial charge >= 0.3 is 0 Å². The summed E-state index contributed by atoms with van der Waals surface area (Å²) in [6.45, 7) is 2.18. The number of nitrogens with one attached hydrogen (secondary N) is 1. The Labute approximate surface area is 105 Å². The maximum atomic E-state index is 11.7. The lowest BCUT2D eigenvalue weighted by Gasteiger charge is -2.03. The standard InChI is InChI=1S/C13H15N3O2/c1-9-5-12(16-18-9)8-15-13(17)7-10-3-2-4-11(14)6-10/h2-6H,7-8,14H2,1H3,(H,15,17). The molecule has 0 saturated heterocycles. The fourth-order valence-corrected chi connectivity index (χ4v) is 1.64. The number of rotatable bonds is 4. The molecule has 0 saturated carbocycles. The molecule has 0 aliphatic heterocycles. The molecule has 94 valence electrons. The monoisotopic (exact) mass is 245 g/mol. The van der Waals surface area contributed by atoms with Crippen molar-refractivity contribution < 1.29 is 9.32 Å². The Balaban J connectivity index is 1.85. The fraction of sp³-hybridized carbons (Fsp3) is 0.231. The lowest BCUT2D eigenvalue weighted by Crippen LogP contribution is -2.24. The second-order valence-electron chi connectivity index (χ2n) is 4.13. The van der Waals surface area contributed by atoms with E-state index in [2.05, 4.69) is 10.5 Å². The van der Waals surface area contributed by atoms with Crippen molar-refractivity contribution >= 4 is 11.6 Å². The quantitative estimate of drug-likeness (QED) is 0.798. The molecule has 0 unspecified atom stereocenters. The lowest BCUT2D eigenvalue weighted by atomic mass is 10.1. The van der Waals surface area contributed by atoms with E-state index in [0.717, 1.165) is 11.3 Å². The number of carbonyl (C=O) groups is 1. The largest absolute Gasteiger partial charge is 0.399 e. The lowest BCUT2D eigenvalue weighted by molar-refractivity contribution is -0.120. The van der Waals surface area contributed by atoms with Crippen molar-refractivity contribution in [3.05, 3.63) is 47.3 Å². The van der Waals surface area contributed by atoms with Crippen molar-refractivity contribution in [1.29, 1.82) is 0 Å². The predicted octanol–water partition coefficient (Wildman–Crippen LogP) is 1.42. The molecule has 1 heterocycles. The van der Waals surface area contributed by atoms with E-state index in [0.29, 0.717) is 24.3 Å². The van der Waals surface area contributed by atoms with E-state index in [1.165, 1.54) is 0 Å². The average Bonchev–Trinajstić information content (AvgIpc) is 2.73. The maximum absolute atomic E-state index is 11.7. The predicted molar refractivity (Wildman–Crippen MR) is 67.6 cm³/mol. The van der Waals surface area contributed by atoms with Gasteiger partial charge in [-0.2, -0.15) is 0 Å². The van der Waals surface area contributed by atoms with Crippen LogP contribution in [0.2, 0.25) is 0 Å². The number of aryl methyl sites for hydroxylation is 1. The molecule has 2 rings (SSSR count). The van der Waals surface area contributed by atoms with E-state index in [1.807, 2.05) is 19.1 Å². The Morgan fingerprint density at radius 3 is 2.94 bits per heavy atom. The third-order valence-corrected chi connectivity index (χ3v) is 2.46. The summed E-state index contributed by atoms with van der Waals surface area (Å²) < 4.78 is 4.91. The van der Waals surface area contributed by atoms with Gasteiger partial charge in [0.1, 0.15) is 11.5 Å². The maximum Gasteiger partial charge on any atom is 0.224 e. The molecule has 0 bridgehead atoms. The van der Waals surface area contributed by atoms with Gasteiger partial charge in [-0.05, 0) is 24.6 Å². The number of aromatic nitrogens is 1. The first kappa shape index (κ1) is 12.2. The van der Waals surface area contributed by atoms with Gasteiger partial charge in [-0.3, -0.25) is 4.79 Å². The van der Waals surface area contributed by atoms with Gasteiger partial charge in [0.2, 0.25) is 5.91 Å². The van der Waals surface area contributed by atoms with Crippen molar-refractivity contribution in [2.24, 2.45) is 0 Å². The van der Waals surface area contributed by atoms with Crippen molar-refractivity contribution in [2.45, 2.75) is 19.9 Å². The average molecular weight is 245 g/mol. The van der Waals surface area contributed by atoms with Gasteiger partial charge in [0.15, 0.2) is 0 Å². The highest BCUT2D eigenvalue weighted by Crippen LogP contribution is 2.07. The number of hydrogen-bond donors (Lipinski definition) is 2. The van der Waals surface area contributed by atoms with E-state index in [9.17, 15) is 4.79 Å². The molecular formula is C13H15N3O2. The van der Waals surface area contributed by atoms with Crippen LogP contribution in [0.3, 0.4) is 0 Å². The third-order valence-electron chi connectivity index (χ3n) is 2.46. The third kappa shape index (κ3) is 3.35. The second-order valence-corrected chi connectivity index (χ2v) is 4.13. The van der Waals surface area contributed by atoms with Crippen molar-refractivity contribution in [2.75, 3.05) is 5.73 Å². The van der Waals surface area contributed by atoms with Crippen LogP contribution in [0.4, 0.5) is 5.69 Å². The molecule has 1 amide bonds. The van der Waals surface area contributed by atoms with E-state index in [4.69, 9.17) is 10.3 Å². The van der Waals surface area contributed by atoms with Crippen LogP contribution in [0.1, 0.15) is 17.0 Å². The summed E-state index contributed by atoms with van der Waals surface area (Å²) in [6, 6.07) is 9.08. The summed E-state index contributed by atoms with van der Waals surface area (Å²) >= 11 is 0. The molecule has 0 atom stereocenters. The fourth-order valence-electron chi connectivity index (χ4n) is 1.64. The van der Waals surface area contributed by atoms with Crippen LogP contribution < -0.4 is 11.1 Å². The Bertz CT molecular complexity index is 549. The van der Waals surface area contributed by atoms with Crippen LogP contribution in [0, 0.1) is 6.92 Å². The van der Waals surface area contributed by atoms with Gasteiger partial charge in [0, 0.05) is 11.8 Å². The summed E-state index contributed by atoms with van der Waals surface area (Å²) in [7, 11) is 0. The smallest absolute Gasteiger partial charge is 0.224 e. The number of anilines is 1. The molecule has 5 heteroatoms. The van der Waals surface area contributed by atoms with Gasteiger partial charge in [-0.25, -0.2) is 0 Å². The van der Waals surface area contributed by atoms with Crippen molar-refractivity contribution in [3.8, 4) is 0 Å². The van der Waals surface area contributed by atoms with Crippen molar-refractivity contribution in [3.63, 3.8) is 0 Å². The second kappa shape index (κ2) is 5.35. The molecule has 5 nitrogen and oxygen atoms in total. The summed E-state index contributed by atoms with van der Waals surface area (Å²) in [5, 5.41) is 6.58. The molecule has 2 aromatic rings. The number of carbonyl (C=O) groups excluding carboxylic acids is 1. The van der Waals surface area contributed by atoms with Gasteiger partial charge < -0.3 is 15.6 Å². The van der Waals surface area contributed by atoms with Gasteiger partial charge in [0.25, 0.3) is 0 Å². The van der Waals surface area contributed by atoms with Gasteiger partial charge in [-0.1, -0.05) is 17.3 Å². The Kier molecular flexibility index (Phi) is 3.62. The highest BCUT2D eigenvalue weighted by atomic mass is 16.5. The first-order valence-corrected chi connectivity index (χ1v) is 5.67. The molecular weight excluding hydrogens is 230 g/mol. The first-order valence-electron chi connectivity index (χ1n) is 5.67. The van der Waals surface area contributed by atoms with Crippen LogP contribution in [0.25, 0.3) is 0 Å². The summed E-state index contributed by atoms with van der Waals surface area (Å²) in [4.78, 5) is 11.7. The summed E-state index contributed by atoms with van der Waals surface area (Å²) in [5.41, 5.74) is 7.92. The van der Waals surface area contributed by atoms with Crippen LogP contribution in [0.15, 0.2) is 34.9 Å². The summed E-state index contributed by atoms with van der Waals surface area (Å²) in [5.74, 6) is 0.663. The van der Waals surface area contributed by atoms with E-state index in [-0.39, 0.29) is 5.91 Å². The number of hydrogen-bond acceptors (Lipinski definition) is 4. The van der Waals surface area contributed by atoms with Crippen LogP contribution in [0.5, 0.6) is 0 Å². The number of benzene rings is 1. The Morgan fingerprint density at radius 1 is 1.44 bits per heavy atom. The molecule has 0 aliphatic carbocycles. The highest BCUT2D eigenvalue weighted by molar-refractivity contribution is 5.78. The zero-order valence-corrected chi connectivity index (χ0v) is 10.1. The molecule has 0 fully saturated rings. The minimum atomic E-state index is -0.0683. The zero-order valence-electron chi connectivity index (χ0n) is 10.1. The van der Waals surface area contributed by atoms with Crippen molar-refractivity contribution in [1.82, 2.24) is 10.5 Å². The zero-order chi connectivity index (χ0) is 13.0. The molecule has 0 aliphatic rings. The number of nitrogens with zero attached hydrogens (tertiary/aromatic N) is 1. The minimum Gasteiger partial charge on any atom is -0.399 e. The molecule has 1 aromatic heterocycles. The van der Waals surface area contributed by atoms with E-state index < -0.39 is 0 Å². The normalized spacial score (nSPS) is 10.3. The molecule has 18 heavy (non-hydrogen) atoms. The minimum absolute atomic E-state index is 0.0683. The summed E-state index contributed by atoms with van der Waals surface area (Å²) in [6.07, 6.45) is 0.307. The van der Waals surface area contributed by atoms with Crippen LogP contribution >= 0.6 is 0 Å². The highest BCUT2D eigenvalue weighted by Gasteiger charge is 2.05. The van der Waals surface area contributed by atoms with Gasteiger partial charge in [-0.15, -0.1) is 0 Å². The molecule has 0 spiro atoms. The SMILES string of the molecule is Cc1cc(CNC(=O)Cc2cccc(N)c2)no1. The van der Waals surface area contributed by atoms with Crippen LogP contribution in [-0.2, 0) is 17.8 Å². The molecule has 3 N–H and O–H groups in total. The number of nitrogen functional groups attached to an aromatic ring is 1. The molecule has 1 aromatic carbocycles. The van der Waals surface area contributed by atoms with Crippen LogP contribution in [-0.4, -0.2) is 11.1 Å². The Morgan fingerprint density at radius 2 is 2.28 bits per heavy atom. The number of amides is 1. The van der Waals surface area contributed by atoms with E-state index in [1.54, 1.807) is 18.2 Å². The Hall–Kier alpha value is -2.30.